The second-order valence-corrected chi connectivity index (χ2v) is 8.49. The van der Waals surface area contributed by atoms with Crippen LogP contribution in [0.2, 0.25) is 0 Å². The van der Waals surface area contributed by atoms with Gasteiger partial charge < -0.3 is 15.4 Å². The fraction of sp³-hybridized carbons (Fsp3) is 0.933. The number of aliphatic imine (C=N–C) groups is 1. The van der Waals surface area contributed by atoms with Crippen molar-refractivity contribution in [2.45, 2.75) is 38.3 Å². The van der Waals surface area contributed by atoms with Crippen LogP contribution in [0, 0.1) is 0 Å². The van der Waals surface area contributed by atoms with Gasteiger partial charge in [0.2, 0.25) is 0 Å². The average Bonchev–Trinajstić information content (AvgIpc) is 3.27. The lowest BCUT2D eigenvalue weighted by atomic mass is 10.3. The summed E-state index contributed by atoms with van der Waals surface area (Å²) in [5.74, 6) is 1.20. The number of ether oxygens (including phenoxy) is 1. The van der Waals surface area contributed by atoms with Crippen LogP contribution in [0.25, 0.3) is 0 Å². The van der Waals surface area contributed by atoms with Gasteiger partial charge in [-0.05, 0) is 26.2 Å². The van der Waals surface area contributed by atoms with Crippen molar-refractivity contribution >= 4 is 15.8 Å². The van der Waals surface area contributed by atoms with Crippen LogP contribution < -0.4 is 10.6 Å². The van der Waals surface area contributed by atoms with Crippen LogP contribution in [0.1, 0.15) is 26.2 Å². The molecule has 0 aromatic carbocycles. The molecule has 134 valence electrons. The van der Waals surface area contributed by atoms with Crippen molar-refractivity contribution in [2.75, 3.05) is 51.4 Å². The van der Waals surface area contributed by atoms with E-state index >= 15 is 0 Å². The number of hydrogen-bond acceptors (Lipinski definition) is 5. The van der Waals surface area contributed by atoms with E-state index in [1.54, 1.807) is 7.11 Å². The molecular formula is C15H30N4O3S. The molecule has 0 bridgehead atoms. The molecule has 2 fully saturated rings. The number of rotatable bonds is 9. The molecule has 7 nitrogen and oxygen atoms in total. The number of nitrogens with zero attached hydrogens (tertiary/aromatic N) is 2. The van der Waals surface area contributed by atoms with Crippen molar-refractivity contribution in [1.29, 1.82) is 0 Å². The molecule has 1 aliphatic heterocycles. The van der Waals surface area contributed by atoms with Crippen LogP contribution in [0.3, 0.4) is 0 Å². The fourth-order valence-corrected chi connectivity index (χ4v) is 4.51. The second kappa shape index (κ2) is 8.84. The lowest BCUT2D eigenvalue weighted by molar-refractivity contribution is 0.145. The van der Waals surface area contributed by atoms with Crippen molar-refractivity contribution in [3.63, 3.8) is 0 Å². The predicted molar refractivity (Wildman–Crippen MR) is 92.6 cm³/mol. The van der Waals surface area contributed by atoms with Crippen LogP contribution in [0.5, 0.6) is 0 Å². The maximum Gasteiger partial charge on any atom is 0.191 e. The van der Waals surface area contributed by atoms with Crippen LogP contribution in [0.15, 0.2) is 4.99 Å². The summed E-state index contributed by atoms with van der Waals surface area (Å²) in [7, 11) is -1.14. The lowest BCUT2D eigenvalue weighted by Gasteiger charge is -2.21. The van der Waals surface area contributed by atoms with Gasteiger partial charge >= 0.3 is 0 Å². The highest BCUT2D eigenvalue weighted by atomic mass is 32.2. The summed E-state index contributed by atoms with van der Waals surface area (Å²) >= 11 is 0. The molecule has 0 aromatic rings. The summed E-state index contributed by atoms with van der Waals surface area (Å²) < 4.78 is 28.3. The Morgan fingerprint density at radius 2 is 2.09 bits per heavy atom. The van der Waals surface area contributed by atoms with Gasteiger partial charge in [-0.2, -0.15) is 0 Å². The standard InChI is InChI=1S/C15H30N4O3S/c1-3-16-15(18-13-6-11-23(20,21)12-13)17-7-8-19(9-10-22-2)14-4-5-14/h13-14H,3-12H2,1-2H3,(H2,16,17,18). The Morgan fingerprint density at radius 1 is 1.30 bits per heavy atom. The molecule has 1 heterocycles. The van der Waals surface area contributed by atoms with Crippen LogP contribution in [-0.4, -0.2) is 82.8 Å². The molecule has 1 saturated carbocycles. The first-order chi connectivity index (χ1) is 11.0. The SMILES string of the molecule is CCNC(=NCCN(CCOC)C1CC1)NC1CCS(=O)(=O)C1. The van der Waals surface area contributed by atoms with Gasteiger partial charge in [0, 0.05) is 38.8 Å². The van der Waals surface area contributed by atoms with Crippen molar-refractivity contribution < 1.29 is 13.2 Å². The van der Waals surface area contributed by atoms with Gasteiger partial charge in [-0.15, -0.1) is 0 Å². The number of methoxy groups -OCH3 is 1. The Balaban J connectivity index is 1.80. The number of guanidine groups is 1. The third-order valence-corrected chi connectivity index (χ3v) is 5.99. The van der Waals surface area contributed by atoms with Crippen molar-refractivity contribution in [3.8, 4) is 0 Å². The van der Waals surface area contributed by atoms with Crippen LogP contribution in [0.4, 0.5) is 0 Å². The molecule has 0 spiro atoms. The molecule has 0 aromatic heterocycles. The van der Waals surface area contributed by atoms with E-state index in [2.05, 4.69) is 20.5 Å². The molecule has 1 saturated heterocycles. The highest BCUT2D eigenvalue weighted by Gasteiger charge is 2.29. The van der Waals surface area contributed by atoms with E-state index in [9.17, 15) is 8.42 Å². The highest BCUT2D eigenvalue weighted by molar-refractivity contribution is 7.91. The van der Waals surface area contributed by atoms with Gasteiger partial charge in [0.25, 0.3) is 0 Å². The van der Waals surface area contributed by atoms with Gasteiger partial charge in [0.05, 0.1) is 24.7 Å². The third kappa shape index (κ3) is 6.64. The largest absolute Gasteiger partial charge is 0.383 e. The number of nitrogens with one attached hydrogen (secondary N) is 2. The van der Waals surface area contributed by atoms with E-state index in [1.807, 2.05) is 6.92 Å². The van der Waals surface area contributed by atoms with E-state index in [4.69, 9.17) is 4.74 Å². The Labute approximate surface area is 139 Å². The summed E-state index contributed by atoms with van der Waals surface area (Å²) in [4.78, 5) is 7.03. The fourth-order valence-electron chi connectivity index (χ4n) is 2.84. The minimum Gasteiger partial charge on any atom is -0.383 e. The monoisotopic (exact) mass is 346 g/mol. The van der Waals surface area contributed by atoms with Crippen LogP contribution in [-0.2, 0) is 14.6 Å². The number of sulfone groups is 1. The molecule has 2 N–H and O–H groups in total. The van der Waals surface area contributed by atoms with Gasteiger partial charge in [0.1, 0.15) is 0 Å². The number of hydrogen-bond donors (Lipinski definition) is 2. The average molecular weight is 346 g/mol. The minimum atomic E-state index is -2.87. The highest BCUT2D eigenvalue weighted by Crippen LogP contribution is 2.26. The van der Waals surface area contributed by atoms with Crippen molar-refractivity contribution in [1.82, 2.24) is 15.5 Å². The Bertz CT molecular complexity index is 491. The first-order valence-corrected chi connectivity index (χ1v) is 10.3. The zero-order valence-corrected chi connectivity index (χ0v) is 15.1. The molecule has 2 rings (SSSR count). The molecule has 0 radical (unpaired) electrons. The normalized spacial score (nSPS) is 24.1. The Morgan fingerprint density at radius 3 is 2.65 bits per heavy atom. The summed E-state index contributed by atoms with van der Waals surface area (Å²) in [6, 6.07) is 0.668. The van der Waals surface area contributed by atoms with E-state index < -0.39 is 9.84 Å². The molecule has 1 atom stereocenters. The lowest BCUT2D eigenvalue weighted by Crippen LogP contribution is -2.44. The minimum absolute atomic E-state index is 0.0224. The van der Waals surface area contributed by atoms with E-state index in [-0.39, 0.29) is 17.5 Å². The van der Waals surface area contributed by atoms with Gasteiger partial charge in [0.15, 0.2) is 15.8 Å². The van der Waals surface area contributed by atoms with Crippen LogP contribution >= 0.6 is 0 Å². The molecule has 8 heteroatoms. The van der Waals surface area contributed by atoms with Gasteiger partial charge in [-0.25, -0.2) is 8.42 Å². The summed E-state index contributed by atoms with van der Waals surface area (Å²) in [5, 5.41) is 6.45. The molecule has 1 aliphatic carbocycles. The molecule has 1 unspecified atom stereocenters. The quantitative estimate of drug-likeness (QED) is 0.446. The maximum absolute atomic E-state index is 11.5. The smallest absolute Gasteiger partial charge is 0.191 e. The zero-order valence-electron chi connectivity index (χ0n) is 14.3. The second-order valence-electron chi connectivity index (χ2n) is 6.26. The van der Waals surface area contributed by atoms with Crippen molar-refractivity contribution in [3.05, 3.63) is 0 Å². The van der Waals surface area contributed by atoms with E-state index in [1.165, 1.54) is 12.8 Å². The van der Waals surface area contributed by atoms with Gasteiger partial charge in [-0.3, -0.25) is 9.89 Å². The zero-order chi connectivity index (χ0) is 16.7. The molecule has 23 heavy (non-hydrogen) atoms. The maximum atomic E-state index is 11.5. The Kier molecular flexibility index (Phi) is 7.10. The summed E-state index contributed by atoms with van der Waals surface area (Å²) in [6.45, 7) is 6.08. The summed E-state index contributed by atoms with van der Waals surface area (Å²) in [5.41, 5.74) is 0. The van der Waals surface area contributed by atoms with Crippen molar-refractivity contribution in [2.24, 2.45) is 4.99 Å². The van der Waals surface area contributed by atoms with Gasteiger partial charge in [-0.1, -0.05) is 0 Å². The summed E-state index contributed by atoms with van der Waals surface area (Å²) in [6.07, 6.45) is 3.20. The third-order valence-electron chi connectivity index (χ3n) is 4.22. The predicted octanol–water partition coefficient (Wildman–Crippen LogP) is -0.161. The first kappa shape index (κ1) is 18.5. The van der Waals surface area contributed by atoms with E-state index in [0.717, 1.165) is 32.2 Å². The molecular weight excluding hydrogens is 316 g/mol. The first-order valence-electron chi connectivity index (χ1n) is 8.52. The van der Waals surface area contributed by atoms with E-state index in [0.29, 0.717) is 19.0 Å². The molecule has 2 aliphatic rings. The topological polar surface area (TPSA) is 83.0 Å². The molecule has 0 amide bonds. The Hall–Kier alpha value is -0.860.